The molecule has 6 aromatic rings. The molecule has 12 heterocycles. The summed E-state index contributed by atoms with van der Waals surface area (Å²) in [5, 5.41) is 3.49. The molecule has 78 heavy (non-hydrogen) atoms. The van der Waals surface area contributed by atoms with Gasteiger partial charge in [0.15, 0.2) is 5.78 Å². The van der Waals surface area contributed by atoms with E-state index in [2.05, 4.69) is 85.1 Å². The average molecular weight is 1060 g/mol. The van der Waals surface area contributed by atoms with Crippen molar-refractivity contribution in [2.24, 2.45) is 17.8 Å². The second-order valence-corrected chi connectivity index (χ2v) is 23.6. The van der Waals surface area contributed by atoms with Gasteiger partial charge in [-0.05, 0) is 105 Å². The number of nitrogens with one attached hydrogen (secondary N) is 3. The zero-order valence-corrected chi connectivity index (χ0v) is 45.3. The van der Waals surface area contributed by atoms with Crippen LogP contribution in [-0.4, -0.2) is 138 Å². The fourth-order valence-corrected chi connectivity index (χ4v) is 16.9. The van der Waals surface area contributed by atoms with Crippen molar-refractivity contribution in [1.82, 2.24) is 29.7 Å². The minimum Gasteiger partial charge on any atom is -0.468 e. The number of rotatable bonds is 6. The summed E-state index contributed by atoms with van der Waals surface area (Å²) < 4.78 is 45.1. The number of para-hydroxylation sites is 3. The van der Waals surface area contributed by atoms with Crippen molar-refractivity contribution in [3.8, 4) is 0 Å². The van der Waals surface area contributed by atoms with Gasteiger partial charge in [0, 0.05) is 107 Å². The van der Waals surface area contributed by atoms with Gasteiger partial charge in [0.25, 0.3) is 5.92 Å². The SMILES string of the molecule is CCC1=CC2CN3CCc4c([nH]c5ccccc45)C(C(=O)OC)(C2)C13.COC(=O)C12CC3C=C(C(C)(F)F)C1N(CCc1c2[nH]c2ccccc12)C3.COC(=O)C12CC3C=C(C(C)=O)C1N(CCc1c2[nH]c2ccccc12)C3. The van der Waals surface area contributed by atoms with Crippen LogP contribution in [0.5, 0.6) is 0 Å². The fourth-order valence-electron chi connectivity index (χ4n) is 16.9. The van der Waals surface area contributed by atoms with Crippen molar-refractivity contribution >= 4 is 56.4 Å². The number of aromatic amines is 3. The van der Waals surface area contributed by atoms with Gasteiger partial charge in [-0.3, -0.25) is 33.9 Å². The van der Waals surface area contributed by atoms with E-state index in [9.17, 15) is 28.0 Å². The average Bonchev–Trinajstić information content (AvgIpc) is 4.29. The number of carbonyl (C=O) groups excluding carboxylic acids is 4. The number of H-pyrrole nitrogens is 3. The number of alkyl halides is 2. The van der Waals surface area contributed by atoms with Crippen LogP contribution in [0.25, 0.3) is 32.7 Å². The molecule has 12 unspecified atom stereocenters. The first kappa shape index (κ1) is 50.8. The van der Waals surface area contributed by atoms with Gasteiger partial charge in [-0.2, -0.15) is 0 Å². The number of aromatic nitrogens is 3. The lowest BCUT2D eigenvalue weighted by molar-refractivity contribution is -0.155. The Morgan fingerprint density at radius 3 is 1.35 bits per heavy atom. The highest BCUT2D eigenvalue weighted by atomic mass is 19.3. The Morgan fingerprint density at radius 2 is 0.936 bits per heavy atom. The maximum absolute atomic E-state index is 14.6. The Morgan fingerprint density at radius 1 is 0.564 bits per heavy atom. The Kier molecular flexibility index (Phi) is 12.0. The minimum absolute atomic E-state index is 0.0530. The molecule has 12 bridgehead atoms. The number of fused-ring (bicyclic) bond motifs is 9. The number of piperidine rings is 3. The maximum atomic E-state index is 14.6. The molecule has 3 aromatic heterocycles. The first-order chi connectivity index (χ1) is 37.6. The molecular formula is C63H68F2N6O7. The molecule has 15 heteroatoms. The summed E-state index contributed by atoms with van der Waals surface area (Å²) >= 11 is 0. The van der Waals surface area contributed by atoms with Gasteiger partial charge in [-0.25, -0.2) is 8.78 Å². The molecule has 3 N–H and O–H groups in total. The lowest BCUT2D eigenvalue weighted by Gasteiger charge is -2.54. The predicted molar refractivity (Wildman–Crippen MR) is 293 cm³/mol. The first-order valence-corrected chi connectivity index (χ1v) is 27.9. The van der Waals surface area contributed by atoms with Gasteiger partial charge in [0.1, 0.15) is 16.2 Å². The molecule has 0 radical (unpaired) electrons. The molecule has 18 rings (SSSR count). The third-order valence-corrected chi connectivity index (χ3v) is 19.6. The molecule has 13 nitrogen and oxygen atoms in total. The standard InChI is InChI=1S/C21H22F2N2O2.C21H22N2O3.C21H24N2O2/c1-20(22,23)15-9-12-10-21(19(26)27-2)17-14(7-8-25(11-12)18(15)21)13-5-3-4-6-16(13)24-17;1-12(24)16-9-13-10-21(20(25)26-2)18-15(7-8-23(11-13)19(16)21)14-5-3-4-6-17(14)22-18;1-3-14-10-13-11-21(20(24)25-2)18-16(8-9-23(12-13)19(14)21)15-6-4-5-7-17(15)22-18/h3-6,9,12,18,24H,7-8,10-11H2,1-2H3;3-6,9,13,19,22H,7-8,10-11H2,1-2H3;4-7,10,13,19,22H,3,8-9,11-12H2,1-2H3. The fraction of sp³-hybridized carbons (Fsp3) is 0.460. The summed E-state index contributed by atoms with van der Waals surface area (Å²) in [6.45, 7) is 9.94. The van der Waals surface area contributed by atoms with Crippen molar-refractivity contribution in [2.75, 3.05) is 60.6 Å². The van der Waals surface area contributed by atoms with E-state index in [0.717, 1.165) is 115 Å². The quantitative estimate of drug-likeness (QED) is 0.0838. The summed E-state index contributed by atoms with van der Waals surface area (Å²) in [5.74, 6) is -3.14. The summed E-state index contributed by atoms with van der Waals surface area (Å²) in [6.07, 6.45) is 11.8. The summed E-state index contributed by atoms with van der Waals surface area (Å²) in [7, 11) is 4.34. The van der Waals surface area contributed by atoms with Gasteiger partial charge in [0.05, 0.1) is 39.5 Å². The molecule has 0 saturated carbocycles. The van der Waals surface area contributed by atoms with Crippen LogP contribution in [0.2, 0.25) is 0 Å². The summed E-state index contributed by atoms with van der Waals surface area (Å²) in [5.41, 5.74) is 9.19. The van der Waals surface area contributed by atoms with Crippen molar-refractivity contribution in [3.05, 3.63) is 142 Å². The normalized spacial score (nSPS) is 32.3. The number of hydrogen-bond donors (Lipinski definition) is 3. The number of halogens is 2. The highest BCUT2D eigenvalue weighted by Gasteiger charge is 2.65. The van der Waals surface area contributed by atoms with Crippen molar-refractivity contribution in [3.63, 3.8) is 0 Å². The smallest absolute Gasteiger partial charge is 0.319 e. The summed E-state index contributed by atoms with van der Waals surface area (Å²) in [6, 6.07) is 23.7. The Hall–Kier alpha value is -6.68. The van der Waals surface area contributed by atoms with Crippen LogP contribution < -0.4 is 0 Å². The highest BCUT2D eigenvalue weighted by molar-refractivity contribution is 6.00. The topological polar surface area (TPSA) is 153 Å². The van der Waals surface area contributed by atoms with Crippen LogP contribution in [0.3, 0.4) is 0 Å². The second-order valence-electron chi connectivity index (χ2n) is 23.6. The van der Waals surface area contributed by atoms with Gasteiger partial charge in [-0.15, -0.1) is 0 Å². The number of methoxy groups -OCH3 is 3. The molecule has 406 valence electrons. The molecule has 0 amide bonds. The third-order valence-electron chi connectivity index (χ3n) is 19.6. The van der Waals surface area contributed by atoms with Gasteiger partial charge in [0.2, 0.25) is 0 Å². The summed E-state index contributed by atoms with van der Waals surface area (Å²) in [4.78, 5) is 69.7. The van der Waals surface area contributed by atoms with Crippen molar-refractivity contribution in [1.29, 1.82) is 0 Å². The number of ether oxygens (including phenoxy) is 3. The minimum atomic E-state index is -2.97. The Bertz CT molecular complexity index is 3580. The zero-order valence-electron chi connectivity index (χ0n) is 45.3. The van der Waals surface area contributed by atoms with E-state index >= 15 is 0 Å². The van der Waals surface area contributed by atoms with E-state index in [1.165, 1.54) is 48.8 Å². The number of Topliss-reactive ketones (excluding diaryl/α,β-unsaturated/α-hetero) is 1. The van der Waals surface area contributed by atoms with Gasteiger partial charge in [-0.1, -0.05) is 85.3 Å². The first-order valence-electron chi connectivity index (χ1n) is 27.9. The van der Waals surface area contributed by atoms with Crippen LogP contribution in [0.1, 0.15) is 80.2 Å². The number of nitrogens with zero attached hydrogens (tertiary/aromatic N) is 3. The van der Waals surface area contributed by atoms with Crippen LogP contribution in [0, 0.1) is 17.8 Å². The van der Waals surface area contributed by atoms with E-state index in [4.69, 9.17) is 14.2 Å². The predicted octanol–water partition coefficient (Wildman–Crippen LogP) is 8.95. The lowest BCUT2D eigenvalue weighted by Crippen LogP contribution is -2.65. The van der Waals surface area contributed by atoms with E-state index in [1.54, 1.807) is 13.0 Å². The molecule has 12 atom stereocenters. The van der Waals surface area contributed by atoms with Gasteiger partial charge < -0.3 is 29.2 Å². The number of esters is 3. The van der Waals surface area contributed by atoms with Crippen LogP contribution in [0.4, 0.5) is 8.78 Å². The zero-order chi connectivity index (χ0) is 54.2. The number of hydrogen-bond acceptors (Lipinski definition) is 10. The molecule has 0 spiro atoms. The monoisotopic (exact) mass is 1060 g/mol. The van der Waals surface area contributed by atoms with Crippen molar-refractivity contribution in [2.45, 2.75) is 106 Å². The van der Waals surface area contributed by atoms with Crippen molar-refractivity contribution < 1.29 is 42.2 Å². The molecular weight excluding hydrogens is 991 g/mol. The second kappa shape index (κ2) is 18.5. The molecule has 3 fully saturated rings. The largest absolute Gasteiger partial charge is 0.468 e. The number of carbonyl (C=O) groups is 4. The van der Waals surface area contributed by atoms with E-state index in [1.807, 2.05) is 36.4 Å². The van der Waals surface area contributed by atoms with Gasteiger partial charge >= 0.3 is 17.9 Å². The molecule has 3 aromatic carbocycles. The molecule has 12 aliphatic rings. The molecule has 3 saturated heterocycles. The maximum Gasteiger partial charge on any atom is 0.319 e. The lowest BCUT2D eigenvalue weighted by atomic mass is 9.60. The number of ketones is 1. The van der Waals surface area contributed by atoms with Crippen LogP contribution in [0.15, 0.2) is 108 Å². The van der Waals surface area contributed by atoms with Crippen LogP contribution >= 0.6 is 0 Å². The molecule has 9 aliphatic heterocycles. The van der Waals surface area contributed by atoms with E-state index in [-0.39, 0.29) is 47.2 Å². The number of benzene rings is 3. The third kappa shape index (κ3) is 7.18. The Balaban J connectivity index is 0.000000111. The van der Waals surface area contributed by atoms with Crippen LogP contribution in [-0.2, 0) is 68.9 Å². The highest BCUT2D eigenvalue weighted by Crippen LogP contribution is 2.57. The van der Waals surface area contributed by atoms with E-state index in [0.29, 0.717) is 31.8 Å². The van der Waals surface area contributed by atoms with E-state index < -0.39 is 34.2 Å². The Labute approximate surface area is 452 Å². The molecule has 3 aliphatic carbocycles.